The van der Waals surface area contributed by atoms with Crippen LogP contribution in [0.2, 0.25) is 0 Å². The van der Waals surface area contributed by atoms with Crippen LogP contribution in [0.1, 0.15) is 33.8 Å². The third kappa shape index (κ3) is 2.47. The fourth-order valence-electron chi connectivity index (χ4n) is 1.47. The molecule has 0 bridgehead atoms. The molecule has 0 radical (unpaired) electrons. The van der Waals surface area contributed by atoms with Crippen LogP contribution in [0.4, 0.5) is 0 Å². The minimum Gasteiger partial charge on any atom is -0.298 e. The summed E-state index contributed by atoms with van der Waals surface area (Å²) in [5.41, 5.74) is 1.49. The summed E-state index contributed by atoms with van der Waals surface area (Å²) in [5.74, 6) is -0.205. The lowest BCUT2D eigenvalue weighted by atomic mass is 9.96. The van der Waals surface area contributed by atoms with Gasteiger partial charge in [-0.05, 0) is 18.1 Å². The largest absolute Gasteiger partial charge is 0.298 e. The van der Waals surface area contributed by atoms with E-state index in [4.69, 9.17) is 16.9 Å². The summed E-state index contributed by atoms with van der Waals surface area (Å²) in [4.78, 5) is 22.0. The van der Waals surface area contributed by atoms with Crippen LogP contribution in [0.15, 0.2) is 18.2 Å². The third-order valence-corrected chi connectivity index (χ3v) is 2.80. The van der Waals surface area contributed by atoms with Crippen LogP contribution >= 0.6 is 11.6 Å². The number of hydrogen-bond donors (Lipinski definition) is 0. The Labute approximate surface area is 98.6 Å². The highest BCUT2D eigenvalue weighted by Gasteiger charge is 2.18. The van der Waals surface area contributed by atoms with Gasteiger partial charge in [0.1, 0.15) is 11.7 Å². The van der Waals surface area contributed by atoms with E-state index in [2.05, 4.69) is 0 Å². The summed E-state index contributed by atoms with van der Waals surface area (Å²) in [6.45, 7) is 1.38. The predicted octanol–water partition coefficient (Wildman–Crippen LogP) is 2.43. The van der Waals surface area contributed by atoms with E-state index in [-0.39, 0.29) is 12.2 Å². The zero-order valence-corrected chi connectivity index (χ0v) is 9.49. The lowest BCUT2D eigenvalue weighted by molar-refractivity contribution is -0.116. The average Bonchev–Trinajstić information content (AvgIpc) is 2.28. The van der Waals surface area contributed by atoms with Crippen LogP contribution in [0.25, 0.3) is 0 Å². The van der Waals surface area contributed by atoms with E-state index in [9.17, 15) is 9.59 Å². The van der Waals surface area contributed by atoms with Gasteiger partial charge in [-0.15, -0.1) is 11.6 Å². The first kappa shape index (κ1) is 12.4. The molecule has 0 aliphatic rings. The topological polar surface area (TPSA) is 57.9 Å². The van der Waals surface area contributed by atoms with Crippen molar-refractivity contribution in [1.82, 2.24) is 0 Å². The molecule has 0 saturated heterocycles. The molecule has 0 fully saturated rings. The first-order valence-electron chi connectivity index (χ1n) is 4.70. The molecule has 1 aromatic carbocycles. The lowest BCUT2D eigenvalue weighted by Gasteiger charge is -2.12. The summed E-state index contributed by atoms with van der Waals surface area (Å²) in [6.07, 6.45) is 0.737. The van der Waals surface area contributed by atoms with Crippen molar-refractivity contribution in [2.45, 2.75) is 18.7 Å². The molecule has 0 N–H and O–H groups in total. The Balaban J connectivity index is 3.33. The highest BCUT2D eigenvalue weighted by molar-refractivity contribution is 6.31. The van der Waals surface area contributed by atoms with Crippen LogP contribution in [0.3, 0.4) is 0 Å². The van der Waals surface area contributed by atoms with E-state index in [1.54, 1.807) is 18.2 Å². The number of Topliss-reactive ketones (excluding diaryl/α,β-unsaturated/α-hetero) is 1. The maximum absolute atomic E-state index is 11.2. The molecule has 3 nitrogen and oxygen atoms in total. The smallest absolute Gasteiger partial charge is 0.152 e. The molecule has 0 amide bonds. The van der Waals surface area contributed by atoms with Crippen molar-refractivity contribution in [3.05, 3.63) is 34.9 Å². The summed E-state index contributed by atoms with van der Waals surface area (Å²) in [6, 6.07) is 6.88. The average molecular weight is 236 g/mol. The molecule has 0 heterocycles. The number of aldehydes is 1. The van der Waals surface area contributed by atoms with Crippen LogP contribution in [-0.4, -0.2) is 12.1 Å². The van der Waals surface area contributed by atoms with E-state index in [0.717, 1.165) is 0 Å². The number of rotatable bonds is 4. The summed E-state index contributed by atoms with van der Waals surface area (Å²) >= 11 is 5.94. The van der Waals surface area contributed by atoms with Crippen molar-refractivity contribution in [2.75, 3.05) is 0 Å². The minimum absolute atomic E-state index is 0.0702. The Hall–Kier alpha value is -1.66. The number of benzene rings is 1. The number of halogens is 1. The highest BCUT2D eigenvalue weighted by Crippen LogP contribution is 2.27. The normalized spacial score (nSPS) is 11.6. The Morgan fingerprint density at radius 3 is 2.81 bits per heavy atom. The summed E-state index contributed by atoms with van der Waals surface area (Å²) < 4.78 is 0. The maximum Gasteiger partial charge on any atom is 0.152 e. The number of nitrogens with zero attached hydrogens (tertiary/aromatic N) is 1. The molecule has 0 saturated carbocycles. The maximum atomic E-state index is 11.2. The zero-order valence-electron chi connectivity index (χ0n) is 8.74. The van der Waals surface area contributed by atoms with Crippen molar-refractivity contribution in [1.29, 1.82) is 5.26 Å². The van der Waals surface area contributed by atoms with Gasteiger partial charge in [0.2, 0.25) is 0 Å². The molecule has 0 aliphatic heterocycles. The van der Waals surface area contributed by atoms with E-state index >= 15 is 0 Å². The Morgan fingerprint density at radius 1 is 1.62 bits per heavy atom. The molecule has 0 aromatic heterocycles. The van der Waals surface area contributed by atoms with Crippen LogP contribution in [0.5, 0.6) is 0 Å². The Morgan fingerprint density at radius 2 is 2.31 bits per heavy atom. The monoisotopic (exact) mass is 235 g/mol. The molecule has 82 valence electrons. The quantitative estimate of drug-likeness (QED) is 0.595. The number of hydrogen-bond acceptors (Lipinski definition) is 3. The molecule has 0 spiro atoms. The van der Waals surface area contributed by atoms with Crippen LogP contribution in [-0.2, 0) is 11.2 Å². The lowest BCUT2D eigenvalue weighted by Crippen LogP contribution is -2.07. The van der Waals surface area contributed by atoms with E-state index in [1.165, 1.54) is 6.92 Å². The van der Waals surface area contributed by atoms with Crippen LogP contribution < -0.4 is 0 Å². The van der Waals surface area contributed by atoms with Gasteiger partial charge < -0.3 is 0 Å². The van der Waals surface area contributed by atoms with E-state index in [0.29, 0.717) is 23.0 Å². The molecule has 1 rings (SSSR count). The van der Waals surface area contributed by atoms with Gasteiger partial charge in [-0.1, -0.05) is 18.2 Å². The SMILES string of the molecule is CC(=O)C(Cl)c1cccc(C=O)c1CC#N. The molecule has 0 aliphatic carbocycles. The van der Waals surface area contributed by atoms with Gasteiger partial charge in [0.15, 0.2) is 5.78 Å². The minimum atomic E-state index is -0.803. The van der Waals surface area contributed by atoms with Gasteiger partial charge in [0, 0.05) is 5.56 Å². The second-order valence-electron chi connectivity index (χ2n) is 3.34. The van der Waals surface area contributed by atoms with Gasteiger partial charge in [0.25, 0.3) is 0 Å². The fourth-order valence-corrected chi connectivity index (χ4v) is 1.68. The molecule has 1 unspecified atom stereocenters. The fraction of sp³-hybridized carbons (Fsp3) is 0.250. The number of alkyl halides is 1. The van der Waals surface area contributed by atoms with Crippen molar-refractivity contribution in [2.24, 2.45) is 0 Å². The molecular formula is C12H10ClNO2. The van der Waals surface area contributed by atoms with Gasteiger partial charge >= 0.3 is 0 Å². The van der Waals surface area contributed by atoms with Crippen molar-refractivity contribution >= 4 is 23.7 Å². The molecule has 4 heteroatoms. The Kier molecular flexibility index (Phi) is 4.21. The number of carbonyl (C=O) groups excluding carboxylic acids is 2. The van der Waals surface area contributed by atoms with Crippen molar-refractivity contribution in [3.63, 3.8) is 0 Å². The molecule has 16 heavy (non-hydrogen) atoms. The Bertz CT molecular complexity index is 463. The van der Waals surface area contributed by atoms with E-state index in [1.807, 2.05) is 6.07 Å². The van der Waals surface area contributed by atoms with Gasteiger partial charge in [-0.3, -0.25) is 9.59 Å². The number of ketones is 1. The molecule has 1 aromatic rings. The molecular weight excluding hydrogens is 226 g/mol. The third-order valence-electron chi connectivity index (χ3n) is 2.26. The summed E-state index contributed by atoms with van der Waals surface area (Å²) in [7, 11) is 0. The predicted molar refractivity (Wildman–Crippen MR) is 60.4 cm³/mol. The number of carbonyl (C=O) groups is 2. The summed E-state index contributed by atoms with van der Waals surface area (Å²) in [5, 5.41) is 7.89. The van der Waals surface area contributed by atoms with Gasteiger partial charge in [0.05, 0.1) is 12.5 Å². The zero-order chi connectivity index (χ0) is 12.1. The van der Waals surface area contributed by atoms with E-state index < -0.39 is 5.38 Å². The van der Waals surface area contributed by atoms with Crippen molar-refractivity contribution < 1.29 is 9.59 Å². The first-order valence-corrected chi connectivity index (χ1v) is 5.14. The van der Waals surface area contributed by atoms with Gasteiger partial charge in [-0.25, -0.2) is 0 Å². The second-order valence-corrected chi connectivity index (χ2v) is 3.78. The number of nitriles is 1. The first-order chi connectivity index (χ1) is 7.61. The standard InChI is InChI=1S/C12H10ClNO2/c1-8(16)12(13)11-4-2-3-9(7-15)10(11)5-6-14/h2-4,7,12H,5H2,1H3. The van der Waals surface area contributed by atoms with Crippen LogP contribution in [0, 0.1) is 11.3 Å². The van der Waals surface area contributed by atoms with Gasteiger partial charge in [-0.2, -0.15) is 5.26 Å². The highest BCUT2D eigenvalue weighted by atomic mass is 35.5. The van der Waals surface area contributed by atoms with Crippen molar-refractivity contribution in [3.8, 4) is 6.07 Å². The second kappa shape index (κ2) is 5.43. The molecule has 1 atom stereocenters.